The van der Waals surface area contributed by atoms with Gasteiger partial charge in [-0.1, -0.05) is 6.92 Å². The van der Waals surface area contributed by atoms with Gasteiger partial charge in [0.1, 0.15) is 0 Å². The van der Waals surface area contributed by atoms with Crippen LogP contribution in [0.15, 0.2) is 29.3 Å². The summed E-state index contributed by atoms with van der Waals surface area (Å²) in [7, 11) is 0. The summed E-state index contributed by atoms with van der Waals surface area (Å²) in [5.74, 6) is -0.913. The number of rotatable bonds is 6. The fourth-order valence-electron chi connectivity index (χ4n) is 1.41. The van der Waals surface area contributed by atoms with Crippen LogP contribution in [-0.2, 0) is 5.75 Å². The molecule has 2 nitrogen and oxygen atoms in total. The van der Waals surface area contributed by atoms with Gasteiger partial charge in [-0.15, -0.1) is 23.1 Å². The molecule has 0 atom stereocenters. The Morgan fingerprint density at radius 3 is 2.89 bits per heavy atom. The van der Waals surface area contributed by atoms with Crippen LogP contribution in [0.25, 0.3) is 0 Å². The van der Waals surface area contributed by atoms with Crippen molar-refractivity contribution in [3.63, 3.8) is 0 Å². The van der Waals surface area contributed by atoms with E-state index in [1.165, 1.54) is 17.8 Å². The molecule has 0 radical (unpaired) electrons. The van der Waals surface area contributed by atoms with Crippen LogP contribution < -0.4 is 5.32 Å². The molecule has 1 N–H and O–H groups in total. The maximum absolute atomic E-state index is 13.0. The monoisotopic (exact) mass is 300 g/mol. The first-order valence-electron chi connectivity index (χ1n) is 5.95. The Labute approximate surface area is 119 Å². The minimum absolute atomic E-state index is 0.705. The molecule has 0 spiro atoms. The van der Waals surface area contributed by atoms with E-state index < -0.39 is 11.6 Å². The first-order chi connectivity index (χ1) is 9.19. The van der Waals surface area contributed by atoms with Gasteiger partial charge in [-0.25, -0.2) is 13.8 Å². The van der Waals surface area contributed by atoms with Gasteiger partial charge in [-0.2, -0.15) is 0 Å². The molecule has 2 rings (SSSR count). The van der Waals surface area contributed by atoms with Gasteiger partial charge in [0, 0.05) is 28.3 Å². The van der Waals surface area contributed by atoms with Crippen LogP contribution in [0.3, 0.4) is 0 Å². The molecule has 6 heteroatoms. The first kappa shape index (κ1) is 14.3. The number of hydrogen-bond acceptors (Lipinski definition) is 4. The van der Waals surface area contributed by atoms with Crippen LogP contribution >= 0.6 is 23.1 Å². The second kappa shape index (κ2) is 6.86. The summed E-state index contributed by atoms with van der Waals surface area (Å²) in [6.07, 6.45) is 2.87. The number of nitrogens with one attached hydrogen (secondary N) is 1. The van der Waals surface area contributed by atoms with Gasteiger partial charge in [0.15, 0.2) is 16.8 Å². The molecule has 19 heavy (non-hydrogen) atoms. The molecule has 0 bridgehead atoms. The number of nitrogens with zero attached hydrogens (tertiary/aromatic N) is 1. The molecule has 0 aliphatic heterocycles. The van der Waals surface area contributed by atoms with Gasteiger partial charge in [0.2, 0.25) is 0 Å². The predicted octanol–water partition coefficient (Wildman–Crippen LogP) is 4.54. The van der Waals surface area contributed by atoms with E-state index in [0.717, 1.165) is 33.9 Å². The summed E-state index contributed by atoms with van der Waals surface area (Å²) < 4.78 is 25.8. The maximum Gasteiger partial charge on any atom is 0.182 e. The van der Waals surface area contributed by atoms with Crippen molar-refractivity contribution in [2.75, 3.05) is 11.9 Å². The van der Waals surface area contributed by atoms with E-state index in [4.69, 9.17) is 0 Å². The Kier molecular flexibility index (Phi) is 5.15. The average molecular weight is 300 g/mol. The zero-order chi connectivity index (χ0) is 13.7. The van der Waals surface area contributed by atoms with Gasteiger partial charge in [-0.05, 0) is 24.6 Å². The molecule has 0 fully saturated rings. The van der Waals surface area contributed by atoms with Crippen molar-refractivity contribution in [3.8, 4) is 0 Å². The van der Waals surface area contributed by atoms with Gasteiger partial charge >= 0.3 is 0 Å². The Morgan fingerprint density at radius 1 is 1.32 bits per heavy atom. The second-order valence-electron chi connectivity index (χ2n) is 3.92. The molecule has 1 aromatic heterocycles. The van der Waals surface area contributed by atoms with Crippen molar-refractivity contribution in [1.29, 1.82) is 0 Å². The van der Waals surface area contributed by atoms with E-state index in [1.807, 2.05) is 6.20 Å². The highest BCUT2D eigenvalue weighted by molar-refractivity contribution is 7.98. The van der Waals surface area contributed by atoms with Crippen LogP contribution in [0.1, 0.15) is 18.2 Å². The molecule has 2 aromatic rings. The number of thioether (sulfide) groups is 1. The standard InChI is InChI=1S/C13H14F2N2S2/c1-2-5-16-13-17-7-10(19-13)8-18-9-3-4-11(14)12(15)6-9/h3-4,6-7H,2,5,8H2,1H3,(H,16,17). The van der Waals surface area contributed by atoms with Crippen LogP contribution in [0, 0.1) is 11.6 Å². The molecular formula is C13H14F2N2S2. The van der Waals surface area contributed by atoms with E-state index in [1.54, 1.807) is 17.4 Å². The fourth-order valence-corrected chi connectivity index (χ4v) is 3.19. The normalized spacial score (nSPS) is 10.7. The quantitative estimate of drug-likeness (QED) is 0.793. The first-order valence-corrected chi connectivity index (χ1v) is 7.75. The molecular weight excluding hydrogens is 286 g/mol. The van der Waals surface area contributed by atoms with E-state index in [9.17, 15) is 8.78 Å². The van der Waals surface area contributed by atoms with Crippen molar-refractivity contribution < 1.29 is 8.78 Å². The summed E-state index contributed by atoms with van der Waals surface area (Å²) in [6, 6.07) is 3.95. The molecule has 0 amide bonds. The van der Waals surface area contributed by atoms with Gasteiger partial charge in [-0.3, -0.25) is 0 Å². The Morgan fingerprint density at radius 2 is 2.16 bits per heavy atom. The lowest BCUT2D eigenvalue weighted by molar-refractivity contribution is 0.506. The van der Waals surface area contributed by atoms with E-state index in [0.29, 0.717) is 5.75 Å². The molecule has 1 heterocycles. The highest BCUT2D eigenvalue weighted by atomic mass is 32.2. The molecule has 0 aliphatic carbocycles. The maximum atomic E-state index is 13.0. The van der Waals surface area contributed by atoms with Crippen LogP contribution in [0.5, 0.6) is 0 Å². The number of halogens is 2. The van der Waals surface area contributed by atoms with Crippen molar-refractivity contribution in [2.24, 2.45) is 0 Å². The third-order valence-electron chi connectivity index (χ3n) is 2.35. The minimum Gasteiger partial charge on any atom is -0.362 e. The summed E-state index contributed by atoms with van der Waals surface area (Å²) in [6.45, 7) is 3.00. The number of benzene rings is 1. The number of thiazole rings is 1. The van der Waals surface area contributed by atoms with E-state index in [-0.39, 0.29) is 0 Å². The van der Waals surface area contributed by atoms with Gasteiger partial charge in [0.25, 0.3) is 0 Å². The second-order valence-corrected chi connectivity index (χ2v) is 6.09. The lowest BCUT2D eigenvalue weighted by Gasteiger charge is -2.00. The minimum atomic E-state index is -0.812. The highest BCUT2D eigenvalue weighted by Crippen LogP contribution is 2.28. The molecule has 0 saturated carbocycles. The predicted molar refractivity (Wildman–Crippen MR) is 76.8 cm³/mol. The Bertz CT molecular complexity index is 543. The largest absolute Gasteiger partial charge is 0.362 e. The highest BCUT2D eigenvalue weighted by Gasteiger charge is 2.05. The summed E-state index contributed by atoms with van der Waals surface area (Å²) in [5, 5.41) is 4.12. The van der Waals surface area contributed by atoms with E-state index >= 15 is 0 Å². The topological polar surface area (TPSA) is 24.9 Å². The molecule has 0 unspecified atom stereocenters. The zero-order valence-electron chi connectivity index (χ0n) is 10.5. The summed E-state index contributed by atoms with van der Waals surface area (Å²) >= 11 is 3.06. The molecule has 0 saturated heterocycles. The Hall–Kier alpha value is -1.14. The SMILES string of the molecule is CCCNc1ncc(CSc2ccc(F)c(F)c2)s1. The van der Waals surface area contributed by atoms with Gasteiger partial charge in [0.05, 0.1) is 0 Å². The summed E-state index contributed by atoms with van der Waals surface area (Å²) in [4.78, 5) is 6.08. The third kappa shape index (κ3) is 4.18. The number of anilines is 1. The fraction of sp³-hybridized carbons (Fsp3) is 0.308. The van der Waals surface area contributed by atoms with Crippen LogP contribution in [0.2, 0.25) is 0 Å². The smallest absolute Gasteiger partial charge is 0.182 e. The van der Waals surface area contributed by atoms with Crippen LogP contribution in [0.4, 0.5) is 13.9 Å². The van der Waals surface area contributed by atoms with Crippen molar-refractivity contribution in [1.82, 2.24) is 4.98 Å². The lowest BCUT2D eigenvalue weighted by atomic mass is 10.3. The van der Waals surface area contributed by atoms with Crippen molar-refractivity contribution in [3.05, 3.63) is 40.9 Å². The van der Waals surface area contributed by atoms with Crippen molar-refractivity contribution >= 4 is 28.2 Å². The van der Waals surface area contributed by atoms with Gasteiger partial charge < -0.3 is 5.32 Å². The molecule has 0 aliphatic rings. The molecule has 1 aromatic carbocycles. The molecule has 102 valence electrons. The van der Waals surface area contributed by atoms with Crippen LogP contribution in [-0.4, -0.2) is 11.5 Å². The average Bonchev–Trinajstić information content (AvgIpc) is 2.86. The number of hydrogen-bond donors (Lipinski definition) is 1. The zero-order valence-corrected chi connectivity index (χ0v) is 12.1. The third-order valence-corrected chi connectivity index (χ3v) is 4.53. The van der Waals surface area contributed by atoms with Crippen molar-refractivity contribution in [2.45, 2.75) is 24.0 Å². The lowest BCUT2D eigenvalue weighted by Crippen LogP contribution is -1.97. The number of aromatic nitrogens is 1. The summed E-state index contributed by atoms with van der Waals surface area (Å²) in [5.41, 5.74) is 0. The van der Waals surface area contributed by atoms with E-state index in [2.05, 4.69) is 17.2 Å². The Balaban J connectivity index is 1.91.